The van der Waals surface area contributed by atoms with Crippen molar-refractivity contribution in [2.24, 2.45) is 0 Å². The van der Waals surface area contributed by atoms with Gasteiger partial charge in [-0.15, -0.1) is 5.10 Å². The van der Waals surface area contributed by atoms with E-state index < -0.39 is 5.91 Å². The van der Waals surface area contributed by atoms with Crippen LogP contribution in [0.15, 0.2) is 42.5 Å². The Labute approximate surface area is 160 Å². The number of nitrogens with zero attached hydrogens (tertiary/aromatic N) is 3. The fraction of sp³-hybridized carbons (Fsp3) is 0.211. The van der Waals surface area contributed by atoms with Crippen LogP contribution in [-0.4, -0.2) is 34.1 Å². The van der Waals surface area contributed by atoms with Gasteiger partial charge in [0.1, 0.15) is 0 Å². The van der Waals surface area contributed by atoms with Crippen LogP contribution in [0, 0.1) is 6.92 Å². The number of aromatic nitrogens is 3. The number of aryl methyl sites for hydroxylation is 1. The van der Waals surface area contributed by atoms with E-state index in [0.717, 1.165) is 12.1 Å². The predicted octanol–water partition coefficient (Wildman–Crippen LogP) is 3.64. The molecule has 1 aliphatic rings. The van der Waals surface area contributed by atoms with E-state index in [2.05, 4.69) is 15.5 Å². The summed E-state index contributed by atoms with van der Waals surface area (Å²) in [4.78, 5) is 14.1. The maximum absolute atomic E-state index is 12.7. The lowest BCUT2D eigenvalue weighted by Crippen LogP contribution is -2.14. The van der Waals surface area contributed by atoms with E-state index in [4.69, 9.17) is 21.1 Å². The number of rotatable bonds is 3. The zero-order chi connectivity index (χ0) is 18.8. The summed E-state index contributed by atoms with van der Waals surface area (Å²) in [5, 5.41) is 11.8. The highest BCUT2D eigenvalue weighted by molar-refractivity contribution is 6.34. The highest BCUT2D eigenvalue weighted by atomic mass is 35.5. The van der Waals surface area contributed by atoms with Crippen LogP contribution in [0.4, 0.5) is 5.69 Å². The van der Waals surface area contributed by atoms with Crippen LogP contribution in [0.3, 0.4) is 0 Å². The Bertz CT molecular complexity index is 988. The number of halogens is 1. The summed E-state index contributed by atoms with van der Waals surface area (Å²) in [6.07, 6.45) is 0.787. The van der Waals surface area contributed by atoms with Crippen molar-refractivity contribution in [1.29, 1.82) is 0 Å². The molecule has 0 unspecified atom stereocenters. The minimum Gasteiger partial charge on any atom is -0.490 e. The number of ether oxygens (including phenoxy) is 2. The van der Waals surface area contributed by atoms with Gasteiger partial charge in [-0.1, -0.05) is 29.8 Å². The molecule has 1 aromatic heterocycles. The first-order chi connectivity index (χ1) is 13.1. The summed E-state index contributed by atoms with van der Waals surface area (Å²) in [6, 6.07) is 12.7. The Morgan fingerprint density at radius 3 is 2.56 bits per heavy atom. The lowest BCUT2D eigenvalue weighted by molar-refractivity contribution is 0.102. The molecule has 2 heterocycles. The molecular weight excluding hydrogens is 368 g/mol. The molecule has 1 N–H and O–H groups in total. The first-order valence-electron chi connectivity index (χ1n) is 8.51. The molecule has 27 heavy (non-hydrogen) atoms. The third-order valence-corrected chi connectivity index (χ3v) is 4.38. The number of fused-ring (bicyclic) bond motifs is 1. The minimum atomic E-state index is -0.397. The number of hydrogen-bond acceptors (Lipinski definition) is 5. The monoisotopic (exact) mass is 384 g/mol. The molecule has 0 radical (unpaired) electrons. The predicted molar refractivity (Wildman–Crippen MR) is 101 cm³/mol. The minimum absolute atomic E-state index is 0.224. The Balaban J connectivity index is 1.60. The molecule has 3 aromatic rings. The van der Waals surface area contributed by atoms with E-state index >= 15 is 0 Å². The van der Waals surface area contributed by atoms with Gasteiger partial charge in [0.15, 0.2) is 17.2 Å². The summed E-state index contributed by atoms with van der Waals surface area (Å²) in [7, 11) is 0. The number of anilines is 1. The highest BCUT2D eigenvalue weighted by Crippen LogP contribution is 2.37. The molecule has 4 rings (SSSR count). The molecule has 0 spiro atoms. The number of para-hydroxylation sites is 1. The normalized spacial score (nSPS) is 13.1. The molecule has 0 aliphatic carbocycles. The van der Waals surface area contributed by atoms with E-state index in [1.165, 1.54) is 4.80 Å². The maximum atomic E-state index is 12.7. The van der Waals surface area contributed by atoms with Crippen LogP contribution in [-0.2, 0) is 0 Å². The van der Waals surface area contributed by atoms with Crippen molar-refractivity contribution in [2.75, 3.05) is 18.5 Å². The second kappa shape index (κ2) is 7.28. The molecule has 0 saturated carbocycles. The zero-order valence-electron chi connectivity index (χ0n) is 14.6. The number of nitrogens with one attached hydrogen (secondary N) is 1. The van der Waals surface area contributed by atoms with Gasteiger partial charge in [0, 0.05) is 18.6 Å². The molecule has 2 aromatic carbocycles. The topological polar surface area (TPSA) is 78.3 Å². The Hall–Kier alpha value is -3.06. The Kier molecular flexibility index (Phi) is 4.68. The van der Waals surface area contributed by atoms with E-state index in [1.807, 2.05) is 30.3 Å². The summed E-state index contributed by atoms with van der Waals surface area (Å²) in [5.74, 6) is 0.727. The van der Waals surface area contributed by atoms with Crippen molar-refractivity contribution >= 4 is 23.2 Å². The van der Waals surface area contributed by atoms with Gasteiger partial charge in [0.05, 0.1) is 35.3 Å². The van der Waals surface area contributed by atoms with Gasteiger partial charge in [-0.05, 0) is 19.1 Å². The SMILES string of the molecule is Cc1nn(-c2ccccc2)nc1C(=O)Nc1cc2c(cc1Cl)OCCCO2. The van der Waals surface area contributed by atoms with E-state index in [-0.39, 0.29) is 5.69 Å². The second-order valence-electron chi connectivity index (χ2n) is 6.04. The highest BCUT2D eigenvalue weighted by Gasteiger charge is 2.20. The molecule has 8 heteroatoms. The van der Waals surface area contributed by atoms with Gasteiger partial charge < -0.3 is 14.8 Å². The molecule has 7 nitrogen and oxygen atoms in total. The largest absolute Gasteiger partial charge is 0.490 e. The fourth-order valence-electron chi connectivity index (χ4n) is 2.73. The van der Waals surface area contributed by atoms with Crippen LogP contribution < -0.4 is 14.8 Å². The first-order valence-corrected chi connectivity index (χ1v) is 8.89. The summed E-state index contributed by atoms with van der Waals surface area (Å²) in [5.41, 5.74) is 1.94. The van der Waals surface area contributed by atoms with Crippen LogP contribution in [0.2, 0.25) is 5.02 Å². The maximum Gasteiger partial charge on any atom is 0.278 e. The van der Waals surface area contributed by atoms with Gasteiger partial charge in [-0.2, -0.15) is 9.90 Å². The average molecular weight is 385 g/mol. The molecule has 1 aliphatic heterocycles. The number of amides is 1. The molecule has 0 atom stereocenters. The van der Waals surface area contributed by atoms with Gasteiger partial charge >= 0.3 is 0 Å². The molecule has 0 saturated heterocycles. The summed E-state index contributed by atoms with van der Waals surface area (Å²) >= 11 is 6.30. The zero-order valence-corrected chi connectivity index (χ0v) is 15.4. The van der Waals surface area contributed by atoms with Crippen molar-refractivity contribution < 1.29 is 14.3 Å². The molecular formula is C19H17ClN4O3. The van der Waals surface area contributed by atoms with E-state index in [1.54, 1.807) is 19.1 Å². The van der Waals surface area contributed by atoms with Gasteiger partial charge in [-0.3, -0.25) is 4.79 Å². The third kappa shape index (κ3) is 3.59. The van der Waals surface area contributed by atoms with Crippen molar-refractivity contribution in [3.8, 4) is 17.2 Å². The van der Waals surface area contributed by atoms with Gasteiger partial charge in [0.25, 0.3) is 5.91 Å². The smallest absolute Gasteiger partial charge is 0.278 e. The lowest BCUT2D eigenvalue weighted by atomic mass is 10.2. The van der Waals surface area contributed by atoms with Crippen LogP contribution >= 0.6 is 11.6 Å². The third-order valence-electron chi connectivity index (χ3n) is 4.07. The number of hydrogen-bond donors (Lipinski definition) is 1. The summed E-state index contributed by atoms with van der Waals surface area (Å²) < 4.78 is 11.2. The first kappa shape index (κ1) is 17.4. The van der Waals surface area contributed by atoms with Crippen LogP contribution in [0.1, 0.15) is 22.6 Å². The van der Waals surface area contributed by atoms with Crippen LogP contribution in [0.5, 0.6) is 11.5 Å². The van der Waals surface area contributed by atoms with E-state index in [9.17, 15) is 4.79 Å². The quantitative estimate of drug-likeness (QED) is 0.745. The fourth-order valence-corrected chi connectivity index (χ4v) is 2.93. The van der Waals surface area contributed by atoms with Gasteiger partial charge in [-0.25, -0.2) is 0 Å². The molecule has 0 fully saturated rings. The molecule has 1 amide bonds. The van der Waals surface area contributed by atoms with Crippen molar-refractivity contribution in [1.82, 2.24) is 15.0 Å². The Morgan fingerprint density at radius 2 is 1.81 bits per heavy atom. The summed E-state index contributed by atoms with van der Waals surface area (Å²) in [6.45, 7) is 2.85. The van der Waals surface area contributed by atoms with Crippen LogP contribution in [0.25, 0.3) is 5.69 Å². The lowest BCUT2D eigenvalue weighted by Gasteiger charge is -2.12. The standard InChI is InChI=1S/C19H17ClN4O3/c1-12-18(23-24(22-12)13-6-3-2-4-7-13)19(25)21-15-11-17-16(10-14(15)20)26-8-5-9-27-17/h2-4,6-7,10-11H,5,8-9H2,1H3,(H,21,25). The average Bonchev–Trinajstić information content (AvgIpc) is 2.92. The molecule has 138 valence electrons. The Morgan fingerprint density at radius 1 is 1.11 bits per heavy atom. The van der Waals surface area contributed by atoms with Crippen molar-refractivity contribution in [3.63, 3.8) is 0 Å². The van der Waals surface area contributed by atoms with Crippen molar-refractivity contribution in [2.45, 2.75) is 13.3 Å². The number of carbonyl (C=O) groups is 1. The van der Waals surface area contributed by atoms with Crippen molar-refractivity contribution in [3.05, 3.63) is 58.9 Å². The molecule has 0 bridgehead atoms. The number of benzene rings is 2. The second-order valence-corrected chi connectivity index (χ2v) is 6.45. The van der Waals surface area contributed by atoms with Gasteiger partial charge in [0.2, 0.25) is 0 Å². The number of carbonyl (C=O) groups excluding carboxylic acids is 1. The van der Waals surface area contributed by atoms with E-state index in [0.29, 0.717) is 41.1 Å².